The van der Waals surface area contributed by atoms with Crippen molar-refractivity contribution >= 4 is 23.3 Å². The van der Waals surface area contributed by atoms with Crippen LogP contribution in [0.1, 0.15) is 35.7 Å². The zero-order valence-corrected chi connectivity index (χ0v) is 17.5. The average Bonchev–Trinajstić information content (AvgIpc) is 3.38. The Hall–Kier alpha value is -3.15. The molecule has 2 aliphatic carbocycles. The van der Waals surface area contributed by atoms with Gasteiger partial charge in [0.1, 0.15) is 11.9 Å². The molecular formula is C25H25NO5. The van der Waals surface area contributed by atoms with Crippen molar-refractivity contribution in [2.45, 2.75) is 38.9 Å². The second kappa shape index (κ2) is 7.52. The molecule has 2 bridgehead atoms. The van der Waals surface area contributed by atoms with Crippen molar-refractivity contribution in [3.05, 3.63) is 59.7 Å². The molecule has 160 valence electrons. The maximum absolute atomic E-state index is 12.9. The minimum absolute atomic E-state index is 0.0209. The van der Waals surface area contributed by atoms with Crippen molar-refractivity contribution in [2.75, 3.05) is 5.32 Å². The largest absolute Gasteiger partial charge is 0.483 e. The summed E-state index contributed by atoms with van der Waals surface area (Å²) in [4.78, 5) is 37.6. The first kappa shape index (κ1) is 19.8. The molecule has 2 saturated carbocycles. The standard InChI is InChI=1S/C25H25NO5/c1-13-3-5-15(6-4-13)23(27)14(2)30-18-9-7-17(8-10-18)26-24(28)21-16-11-19-20(12-16)31-25(29)22(19)21/h3-10,14,16,19-22H,11-12H2,1-2H3,(H,26,28). The predicted molar refractivity (Wildman–Crippen MR) is 114 cm³/mol. The molecule has 0 spiro atoms. The lowest BCUT2D eigenvalue weighted by Crippen LogP contribution is -2.35. The summed E-state index contributed by atoms with van der Waals surface area (Å²) < 4.78 is 11.2. The number of carbonyl (C=O) groups is 3. The summed E-state index contributed by atoms with van der Waals surface area (Å²) in [7, 11) is 0. The zero-order valence-electron chi connectivity index (χ0n) is 17.5. The molecule has 1 saturated heterocycles. The smallest absolute Gasteiger partial charge is 0.310 e. The molecule has 6 heteroatoms. The number of Topliss-reactive ketones (excluding diaryl/α,β-unsaturated/α-hetero) is 1. The lowest BCUT2D eigenvalue weighted by molar-refractivity contribution is -0.145. The van der Waals surface area contributed by atoms with E-state index in [1.807, 2.05) is 19.1 Å². The lowest BCUT2D eigenvalue weighted by atomic mass is 9.79. The Morgan fingerprint density at radius 2 is 1.77 bits per heavy atom. The van der Waals surface area contributed by atoms with Gasteiger partial charge in [0.05, 0.1) is 11.8 Å². The third-order valence-corrected chi connectivity index (χ3v) is 6.93. The van der Waals surface area contributed by atoms with Gasteiger partial charge >= 0.3 is 5.97 Å². The van der Waals surface area contributed by atoms with Crippen LogP contribution >= 0.6 is 0 Å². The highest BCUT2D eigenvalue weighted by Gasteiger charge is 2.63. The van der Waals surface area contributed by atoms with E-state index in [4.69, 9.17) is 9.47 Å². The first-order valence-electron chi connectivity index (χ1n) is 10.8. The van der Waals surface area contributed by atoms with Crippen molar-refractivity contribution in [3.8, 4) is 5.75 Å². The molecule has 0 radical (unpaired) electrons. The maximum Gasteiger partial charge on any atom is 0.310 e. The van der Waals surface area contributed by atoms with E-state index in [1.165, 1.54) is 0 Å². The highest BCUT2D eigenvalue weighted by molar-refractivity contribution is 5.99. The van der Waals surface area contributed by atoms with Gasteiger partial charge in [-0.15, -0.1) is 0 Å². The number of hydrogen-bond acceptors (Lipinski definition) is 5. The molecular weight excluding hydrogens is 394 g/mol. The van der Waals surface area contributed by atoms with Crippen molar-refractivity contribution in [3.63, 3.8) is 0 Å². The highest BCUT2D eigenvalue weighted by Crippen LogP contribution is 2.57. The Morgan fingerprint density at radius 3 is 2.48 bits per heavy atom. The van der Waals surface area contributed by atoms with E-state index in [2.05, 4.69) is 5.32 Å². The molecule has 2 aromatic rings. The second-order valence-electron chi connectivity index (χ2n) is 8.93. The van der Waals surface area contributed by atoms with Crippen LogP contribution in [0.4, 0.5) is 5.69 Å². The van der Waals surface area contributed by atoms with Gasteiger partial charge in [0.15, 0.2) is 6.10 Å². The van der Waals surface area contributed by atoms with Gasteiger partial charge in [-0.25, -0.2) is 0 Å². The van der Waals surface area contributed by atoms with E-state index in [1.54, 1.807) is 43.3 Å². The number of nitrogens with one attached hydrogen (secondary N) is 1. The maximum atomic E-state index is 12.9. The molecule has 3 aliphatic rings. The van der Waals surface area contributed by atoms with Crippen molar-refractivity contribution in [1.29, 1.82) is 0 Å². The Bertz CT molecular complexity index is 1030. The van der Waals surface area contributed by atoms with Crippen LogP contribution in [0.2, 0.25) is 0 Å². The molecule has 6 unspecified atom stereocenters. The molecule has 0 aromatic heterocycles. The summed E-state index contributed by atoms with van der Waals surface area (Å²) in [6, 6.07) is 14.4. The minimum atomic E-state index is -0.626. The summed E-state index contributed by atoms with van der Waals surface area (Å²) in [6.07, 6.45) is 1.09. The fraction of sp³-hybridized carbons (Fsp3) is 0.400. The summed E-state index contributed by atoms with van der Waals surface area (Å²) in [5.74, 6) is -0.0420. The van der Waals surface area contributed by atoms with E-state index in [9.17, 15) is 14.4 Å². The number of rotatable bonds is 6. The number of ketones is 1. The highest BCUT2D eigenvalue weighted by atomic mass is 16.6. The fourth-order valence-electron chi connectivity index (χ4n) is 5.42. The fourth-order valence-corrected chi connectivity index (χ4v) is 5.42. The monoisotopic (exact) mass is 419 g/mol. The van der Waals surface area contributed by atoms with Crippen LogP contribution in [0, 0.1) is 30.6 Å². The van der Waals surface area contributed by atoms with E-state index >= 15 is 0 Å². The summed E-state index contributed by atoms with van der Waals surface area (Å²) in [5, 5.41) is 2.94. The van der Waals surface area contributed by atoms with Gasteiger partial charge in [-0.05, 0) is 56.9 Å². The second-order valence-corrected chi connectivity index (χ2v) is 8.93. The average molecular weight is 419 g/mol. The molecule has 1 N–H and O–H groups in total. The number of anilines is 1. The molecule has 1 heterocycles. The third kappa shape index (κ3) is 3.50. The van der Waals surface area contributed by atoms with Gasteiger partial charge in [-0.1, -0.05) is 29.8 Å². The van der Waals surface area contributed by atoms with E-state index < -0.39 is 6.10 Å². The normalized spacial score (nSPS) is 28.8. The quantitative estimate of drug-likeness (QED) is 0.569. The van der Waals surface area contributed by atoms with Crippen molar-refractivity contribution in [1.82, 2.24) is 0 Å². The number of benzene rings is 2. The van der Waals surface area contributed by atoms with E-state index in [0.717, 1.165) is 18.4 Å². The SMILES string of the molecule is Cc1ccc(C(=O)C(C)Oc2ccc(NC(=O)C3C4CC5OC(=O)C3C5C4)cc2)cc1. The van der Waals surface area contributed by atoms with Gasteiger partial charge in [-0.3, -0.25) is 14.4 Å². The van der Waals surface area contributed by atoms with Crippen LogP contribution in [-0.2, 0) is 14.3 Å². The molecule has 5 rings (SSSR count). The Balaban J connectivity index is 1.20. The number of esters is 1. The van der Waals surface area contributed by atoms with Crippen LogP contribution in [-0.4, -0.2) is 29.9 Å². The van der Waals surface area contributed by atoms with Crippen LogP contribution in [0.25, 0.3) is 0 Å². The van der Waals surface area contributed by atoms with E-state index in [0.29, 0.717) is 17.0 Å². The Kier molecular flexibility index (Phi) is 4.80. The zero-order chi connectivity index (χ0) is 21.7. The minimum Gasteiger partial charge on any atom is -0.483 e. The molecule has 6 atom stereocenters. The predicted octanol–water partition coefficient (Wildman–Crippen LogP) is 3.78. The molecule has 1 aliphatic heterocycles. The topological polar surface area (TPSA) is 81.7 Å². The molecule has 3 fully saturated rings. The molecule has 31 heavy (non-hydrogen) atoms. The van der Waals surface area contributed by atoms with Gasteiger partial charge in [0.25, 0.3) is 0 Å². The number of carbonyl (C=O) groups excluding carboxylic acids is 3. The number of ether oxygens (including phenoxy) is 2. The Labute approximate surface area is 180 Å². The Morgan fingerprint density at radius 1 is 1.06 bits per heavy atom. The third-order valence-electron chi connectivity index (χ3n) is 6.93. The summed E-state index contributed by atoms with van der Waals surface area (Å²) in [5.41, 5.74) is 2.35. The van der Waals surface area contributed by atoms with Crippen LogP contribution in [0.3, 0.4) is 0 Å². The first-order valence-corrected chi connectivity index (χ1v) is 10.8. The molecule has 2 aromatic carbocycles. The van der Waals surface area contributed by atoms with Gasteiger partial charge in [0.2, 0.25) is 11.7 Å². The first-order chi connectivity index (χ1) is 14.9. The van der Waals surface area contributed by atoms with Crippen molar-refractivity contribution in [2.24, 2.45) is 23.7 Å². The summed E-state index contributed by atoms with van der Waals surface area (Å²) in [6.45, 7) is 3.70. The number of amides is 1. The van der Waals surface area contributed by atoms with Gasteiger partial charge in [0, 0.05) is 17.2 Å². The van der Waals surface area contributed by atoms with Gasteiger partial charge in [-0.2, -0.15) is 0 Å². The molecule has 6 nitrogen and oxygen atoms in total. The van der Waals surface area contributed by atoms with Crippen LogP contribution in [0.15, 0.2) is 48.5 Å². The summed E-state index contributed by atoms with van der Waals surface area (Å²) >= 11 is 0. The van der Waals surface area contributed by atoms with Crippen LogP contribution in [0.5, 0.6) is 5.75 Å². The number of hydrogen-bond donors (Lipinski definition) is 1. The number of aryl methyl sites for hydroxylation is 1. The van der Waals surface area contributed by atoms with Gasteiger partial charge < -0.3 is 14.8 Å². The lowest BCUT2D eigenvalue weighted by Gasteiger charge is -2.23. The van der Waals surface area contributed by atoms with Crippen LogP contribution < -0.4 is 10.1 Å². The van der Waals surface area contributed by atoms with Crippen molar-refractivity contribution < 1.29 is 23.9 Å². The number of fused-ring (bicyclic) bond motifs is 1. The van der Waals surface area contributed by atoms with E-state index in [-0.39, 0.29) is 47.4 Å². The molecule has 1 amide bonds.